The minimum absolute atomic E-state index is 0.119. The predicted molar refractivity (Wildman–Crippen MR) is 117 cm³/mol. The zero-order valence-electron chi connectivity index (χ0n) is 17.9. The number of piperidine rings is 1. The fourth-order valence-electron chi connectivity index (χ4n) is 4.08. The van der Waals surface area contributed by atoms with E-state index < -0.39 is 17.8 Å². The molecule has 3 unspecified atom stereocenters. The van der Waals surface area contributed by atoms with E-state index in [1.54, 1.807) is 13.8 Å². The van der Waals surface area contributed by atoms with Crippen molar-refractivity contribution in [3.05, 3.63) is 51.8 Å². The molecule has 0 saturated carbocycles. The first-order valence-electron chi connectivity index (χ1n) is 10.4. The van der Waals surface area contributed by atoms with E-state index in [2.05, 4.69) is 15.3 Å². The van der Waals surface area contributed by atoms with Crippen LogP contribution in [0.5, 0.6) is 5.75 Å². The van der Waals surface area contributed by atoms with Gasteiger partial charge in [0, 0.05) is 37.8 Å². The molecule has 1 aromatic heterocycles. The number of ether oxygens (including phenoxy) is 1. The first-order valence-corrected chi connectivity index (χ1v) is 10.8. The maximum Gasteiger partial charge on any atom is 0.257 e. The molecule has 1 aromatic carbocycles. The molecule has 32 heavy (non-hydrogen) atoms. The number of hydrogen-bond donors (Lipinski definition) is 3. The van der Waals surface area contributed by atoms with Gasteiger partial charge in [0.1, 0.15) is 23.5 Å². The fraction of sp³-hybridized carbons (Fsp3) is 0.455. The average molecular weight is 462 g/mol. The largest absolute Gasteiger partial charge is 0.488 e. The lowest BCUT2D eigenvalue weighted by Crippen LogP contribution is -2.45. The Morgan fingerprint density at radius 3 is 2.72 bits per heavy atom. The van der Waals surface area contributed by atoms with E-state index in [-0.39, 0.29) is 36.4 Å². The highest BCUT2D eigenvalue weighted by atomic mass is 35.5. The van der Waals surface area contributed by atoms with Gasteiger partial charge in [0.2, 0.25) is 0 Å². The molecule has 2 aliphatic heterocycles. The quantitative estimate of drug-likeness (QED) is 0.644. The van der Waals surface area contributed by atoms with Gasteiger partial charge in [0.15, 0.2) is 0 Å². The summed E-state index contributed by atoms with van der Waals surface area (Å²) in [6.07, 6.45) is -0.557. The van der Waals surface area contributed by atoms with E-state index in [0.29, 0.717) is 47.5 Å². The normalized spacial score (nSPS) is 23.5. The number of benzene rings is 1. The van der Waals surface area contributed by atoms with Crippen molar-refractivity contribution in [3.8, 4) is 5.75 Å². The number of hydrogen-bond acceptors (Lipinski definition) is 7. The minimum Gasteiger partial charge on any atom is -0.488 e. The molecule has 170 valence electrons. The number of nitrogens with one attached hydrogen (secondary N) is 2. The summed E-state index contributed by atoms with van der Waals surface area (Å²) in [7, 11) is 0. The second-order valence-corrected chi connectivity index (χ2v) is 8.64. The van der Waals surface area contributed by atoms with E-state index in [1.807, 2.05) is 0 Å². The number of aliphatic hydroxyl groups excluding tert-OH is 1. The molecule has 0 radical (unpaired) electrons. The molecule has 2 fully saturated rings. The van der Waals surface area contributed by atoms with Crippen LogP contribution >= 0.6 is 11.6 Å². The topological polar surface area (TPSA) is 111 Å². The van der Waals surface area contributed by atoms with E-state index in [1.165, 1.54) is 23.1 Å². The molecular formula is C22H25ClFN5O3. The molecule has 2 saturated heterocycles. The lowest BCUT2D eigenvalue weighted by atomic mass is 10.1. The zero-order valence-corrected chi connectivity index (χ0v) is 18.6. The predicted octanol–water partition coefficient (Wildman–Crippen LogP) is 2.25. The number of amides is 1. The monoisotopic (exact) mass is 461 g/mol. The second-order valence-electron chi connectivity index (χ2n) is 8.26. The molecule has 0 spiro atoms. The summed E-state index contributed by atoms with van der Waals surface area (Å²) in [4.78, 5) is 23.7. The lowest BCUT2D eigenvalue weighted by Gasteiger charge is -2.28. The van der Waals surface area contributed by atoms with Crippen molar-refractivity contribution in [2.45, 2.75) is 38.4 Å². The number of rotatable bonds is 4. The van der Waals surface area contributed by atoms with Gasteiger partial charge in [0.05, 0.1) is 40.5 Å². The van der Waals surface area contributed by atoms with Gasteiger partial charge in [-0.05, 0) is 26.0 Å². The third-order valence-corrected chi connectivity index (χ3v) is 6.29. The molecular weight excluding hydrogens is 437 g/mol. The van der Waals surface area contributed by atoms with Gasteiger partial charge >= 0.3 is 0 Å². The van der Waals surface area contributed by atoms with Crippen molar-refractivity contribution in [1.29, 1.82) is 5.41 Å². The van der Waals surface area contributed by atoms with Gasteiger partial charge in [-0.2, -0.15) is 0 Å². The highest BCUT2D eigenvalue weighted by molar-refractivity contribution is 6.31. The standard InChI is InChI=1S/C22H25ClFN5O3/c1-11-20(23)12(2)28-21(27-11)17-9-29(10-18(17)25)22(31)16-4-3-13(24)5-19(16)32-15-6-14(30)7-26-8-15/h3-5,14-15,17,25-26,30H,6-10H2,1-2H3. The molecule has 3 heterocycles. The van der Waals surface area contributed by atoms with Crippen LogP contribution in [-0.4, -0.2) is 70.0 Å². The van der Waals surface area contributed by atoms with E-state index >= 15 is 0 Å². The Kier molecular flexibility index (Phi) is 6.41. The number of halogens is 2. The maximum atomic E-state index is 13.9. The summed E-state index contributed by atoms with van der Waals surface area (Å²) in [6, 6.07) is 3.79. The van der Waals surface area contributed by atoms with Crippen LogP contribution < -0.4 is 10.1 Å². The number of carbonyl (C=O) groups excluding carboxylic acids is 1. The number of β-amino-alcohol motifs (C(OH)–C–C–N with tert-alkyl or cyclic N) is 1. The molecule has 2 aliphatic rings. The summed E-state index contributed by atoms with van der Waals surface area (Å²) in [5.74, 6) is -0.730. The number of aryl methyl sites for hydroxylation is 2. The maximum absolute atomic E-state index is 13.9. The van der Waals surface area contributed by atoms with Gasteiger partial charge in [-0.15, -0.1) is 0 Å². The second kappa shape index (κ2) is 9.09. The molecule has 1 amide bonds. The number of carbonyl (C=O) groups is 1. The Bertz CT molecular complexity index is 1040. The van der Waals surface area contributed by atoms with E-state index in [0.717, 1.165) is 0 Å². The molecule has 0 bridgehead atoms. The highest BCUT2D eigenvalue weighted by Gasteiger charge is 2.36. The fourth-order valence-corrected chi connectivity index (χ4v) is 4.16. The van der Waals surface area contributed by atoms with Crippen molar-refractivity contribution in [2.24, 2.45) is 0 Å². The molecule has 3 N–H and O–H groups in total. The van der Waals surface area contributed by atoms with Crippen molar-refractivity contribution in [1.82, 2.24) is 20.2 Å². The number of aromatic nitrogens is 2. The average Bonchev–Trinajstić information content (AvgIpc) is 3.13. The molecule has 0 aliphatic carbocycles. The smallest absolute Gasteiger partial charge is 0.257 e. The Morgan fingerprint density at radius 1 is 1.31 bits per heavy atom. The zero-order chi connectivity index (χ0) is 23.0. The van der Waals surface area contributed by atoms with Crippen LogP contribution in [0.25, 0.3) is 0 Å². The van der Waals surface area contributed by atoms with Crippen LogP contribution in [0.3, 0.4) is 0 Å². The first-order chi connectivity index (χ1) is 15.2. The summed E-state index contributed by atoms with van der Waals surface area (Å²) < 4.78 is 19.8. The summed E-state index contributed by atoms with van der Waals surface area (Å²) in [6.45, 7) is 4.87. The van der Waals surface area contributed by atoms with Crippen LogP contribution in [0.4, 0.5) is 4.39 Å². The van der Waals surface area contributed by atoms with Gasteiger partial charge in [-0.3, -0.25) is 4.79 Å². The van der Waals surface area contributed by atoms with Crippen LogP contribution in [-0.2, 0) is 0 Å². The van der Waals surface area contributed by atoms with Crippen LogP contribution in [0.1, 0.15) is 39.9 Å². The van der Waals surface area contributed by atoms with Crippen molar-refractivity contribution in [3.63, 3.8) is 0 Å². The highest BCUT2D eigenvalue weighted by Crippen LogP contribution is 2.29. The lowest BCUT2D eigenvalue weighted by molar-refractivity contribution is 0.0636. The van der Waals surface area contributed by atoms with Crippen molar-refractivity contribution < 1.29 is 19.0 Å². The van der Waals surface area contributed by atoms with Gasteiger partial charge in [-0.1, -0.05) is 11.6 Å². The van der Waals surface area contributed by atoms with Gasteiger partial charge < -0.3 is 25.5 Å². The van der Waals surface area contributed by atoms with E-state index in [4.69, 9.17) is 21.7 Å². The number of aliphatic hydroxyl groups is 1. The third kappa shape index (κ3) is 4.60. The summed E-state index contributed by atoms with van der Waals surface area (Å²) in [5, 5.41) is 21.8. The van der Waals surface area contributed by atoms with Gasteiger partial charge in [-0.25, -0.2) is 14.4 Å². The summed E-state index contributed by atoms with van der Waals surface area (Å²) in [5.41, 5.74) is 1.79. The Labute approximate surface area is 190 Å². The Balaban J connectivity index is 1.55. The van der Waals surface area contributed by atoms with Crippen LogP contribution in [0, 0.1) is 25.1 Å². The van der Waals surface area contributed by atoms with Crippen LogP contribution in [0.15, 0.2) is 18.2 Å². The molecule has 4 rings (SSSR count). The number of likely N-dealkylation sites (tertiary alicyclic amines) is 1. The Hall–Kier alpha value is -2.62. The van der Waals surface area contributed by atoms with Crippen LogP contribution in [0.2, 0.25) is 5.02 Å². The molecule has 3 atom stereocenters. The number of nitrogens with zero attached hydrogens (tertiary/aromatic N) is 3. The summed E-state index contributed by atoms with van der Waals surface area (Å²) >= 11 is 6.16. The van der Waals surface area contributed by atoms with Crippen molar-refractivity contribution >= 4 is 23.2 Å². The minimum atomic E-state index is -0.562. The third-order valence-electron chi connectivity index (χ3n) is 5.74. The molecule has 8 nitrogen and oxygen atoms in total. The van der Waals surface area contributed by atoms with Crippen molar-refractivity contribution in [2.75, 3.05) is 26.2 Å². The first kappa shape index (κ1) is 22.6. The SMILES string of the molecule is Cc1nc(C2CN(C(=O)c3ccc(F)cc3OC3CNCC(O)C3)CC2=N)nc(C)c1Cl. The van der Waals surface area contributed by atoms with Gasteiger partial charge in [0.25, 0.3) is 5.91 Å². The Morgan fingerprint density at radius 2 is 2.03 bits per heavy atom. The molecule has 2 aromatic rings. The van der Waals surface area contributed by atoms with E-state index in [9.17, 15) is 14.3 Å². The molecule has 10 heteroatoms.